The van der Waals surface area contributed by atoms with E-state index in [1.807, 2.05) is 18.2 Å². The Balaban J connectivity index is 1.82. The Bertz CT molecular complexity index is 819. The van der Waals surface area contributed by atoms with Gasteiger partial charge in [-0.2, -0.15) is 0 Å². The Labute approximate surface area is 176 Å². The second-order valence-corrected chi connectivity index (χ2v) is 8.23. The predicted molar refractivity (Wildman–Crippen MR) is 124 cm³/mol. The number of nitrogens with zero attached hydrogens (tertiary/aromatic N) is 1. The fourth-order valence-electron chi connectivity index (χ4n) is 3.32. The zero-order valence-corrected chi connectivity index (χ0v) is 18.3. The van der Waals surface area contributed by atoms with E-state index in [4.69, 9.17) is 0 Å². The molecule has 0 atom stereocenters. The number of benzene rings is 2. The van der Waals surface area contributed by atoms with Crippen LogP contribution >= 0.6 is 22.6 Å². The van der Waals surface area contributed by atoms with Gasteiger partial charge >= 0.3 is 0 Å². The highest BCUT2D eigenvalue weighted by Crippen LogP contribution is 2.34. The fourth-order valence-corrected chi connectivity index (χ4v) is 3.81. The average Bonchev–Trinajstić information content (AvgIpc) is 2.98. The van der Waals surface area contributed by atoms with Crippen molar-refractivity contribution in [2.45, 2.75) is 39.5 Å². The molecule has 4 heteroatoms. The number of rotatable bonds is 8. The van der Waals surface area contributed by atoms with Crippen LogP contribution in [0, 0.1) is 3.57 Å². The molecule has 142 valence electrons. The molecule has 3 rings (SSSR count). The molecule has 1 aliphatic heterocycles. The fraction of sp³-hybridized carbons (Fsp3) is 0.348. The summed E-state index contributed by atoms with van der Waals surface area (Å²) in [7, 11) is 0. The summed E-state index contributed by atoms with van der Waals surface area (Å²) in [6.45, 7) is 6.67. The Morgan fingerprint density at radius 3 is 2.30 bits per heavy atom. The van der Waals surface area contributed by atoms with Crippen LogP contribution in [0.2, 0.25) is 0 Å². The number of amides is 1. The van der Waals surface area contributed by atoms with Crippen molar-refractivity contribution >= 4 is 51.5 Å². The third-order valence-electron chi connectivity index (χ3n) is 4.90. The van der Waals surface area contributed by atoms with E-state index in [2.05, 4.69) is 77.0 Å². The molecular weight excluding hydrogens is 447 g/mol. The molecule has 0 spiro atoms. The molecular formula is C23H27IN2O. The molecule has 1 heterocycles. The molecule has 3 nitrogen and oxygen atoms in total. The van der Waals surface area contributed by atoms with Crippen LogP contribution in [0.15, 0.2) is 42.5 Å². The number of hydrogen-bond acceptors (Lipinski definition) is 2. The molecule has 1 N–H and O–H groups in total. The Morgan fingerprint density at radius 1 is 1.00 bits per heavy atom. The van der Waals surface area contributed by atoms with Crippen LogP contribution in [0.1, 0.15) is 50.7 Å². The molecule has 0 bridgehead atoms. The van der Waals surface area contributed by atoms with Gasteiger partial charge in [0.05, 0.1) is 0 Å². The molecule has 27 heavy (non-hydrogen) atoms. The molecule has 0 aliphatic carbocycles. The molecule has 2 aromatic carbocycles. The van der Waals surface area contributed by atoms with Gasteiger partial charge in [-0.05, 0) is 77.4 Å². The summed E-state index contributed by atoms with van der Waals surface area (Å²) in [6.07, 6.45) is 6.83. The van der Waals surface area contributed by atoms with Crippen molar-refractivity contribution in [1.29, 1.82) is 0 Å². The zero-order valence-electron chi connectivity index (χ0n) is 16.1. The number of nitrogens with one attached hydrogen (secondary N) is 1. The van der Waals surface area contributed by atoms with Crippen molar-refractivity contribution in [3.05, 3.63) is 57.2 Å². The Kier molecular flexibility index (Phi) is 6.94. The molecule has 1 amide bonds. The first-order chi connectivity index (χ1) is 13.1. The van der Waals surface area contributed by atoms with Crippen LogP contribution in [-0.4, -0.2) is 19.0 Å². The summed E-state index contributed by atoms with van der Waals surface area (Å²) in [6, 6.07) is 14.6. The quantitative estimate of drug-likeness (QED) is 0.366. The summed E-state index contributed by atoms with van der Waals surface area (Å²) in [5.74, 6) is -0.0244. The first-order valence-corrected chi connectivity index (χ1v) is 10.9. The van der Waals surface area contributed by atoms with Gasteiger partial charge in [-0.1, -0.05) is 38.8 Å². The number of fused-ring (bicyclic) bond motifs is 1. The summed E-state index contributed by atoms with van der Waals surface area (Å²) < 4.78 is 1.13. The van der Waals surface area contributed by atoms with Crippen LogP contribution in [-0.2, 0) is 4.79 Å². The van der Waals surface area contributed by atoms with Crippen LogP contribution < -0.4 is 10.2 Å². The summed E-state index contributed by atoms with van der Waals surface area (Å²) >= 11 is 2.28. The third-order valence-corrected chi connectivity index (χ3v) is 5.57. The van der Waals surface area contributed by atoms with E-state index in [-0.39, 0.29) is 5.91 Å². The van der Waals surface area contributed by atoms with Crippen molar-refractivity contribution in [3.63, 3.8) is 0 Å². The molecule has 0 unspecified atom stereocenters. The predicted octanol–water partition coefficient (Wildman–Crippen LogP) is 6.19. The van der Waals surface area contributed by atoms with Crippen LogP contribution in [0.4, 0.5) is 11.4 Å². The van der Waals surface area contributed by atoms with E-state index < -0.39 is 0 Å². The maximum absolute atomic E-state index is 12.4. The van der Waals surface area contributed by atoms with Crippen molar-refractivity contribution in [2.75, 3.05) is 23.3 Å². The highest BCUT2D eigenvalue weighted by molar-refractivity contribution is 14.1. The minimum Gasteiger partial charge on any atom is -0.372 e. The molecule has 0 radical (unpaired) electrons. The number of halogens is 1. The van der Waals surface area contributed by atoms with Gasteiger partial charge in [-0.15, -0.1) is 0 Å². The van der Waals surface area contributed by atoms with Gasteiger partial charge in [-0.25, -0.2) is 0 Å². The van der Waals surface area contributed by atoms with E-state index in [1.54, 1.807) is 0 Å². The molecule has 0 fully saturated rings. The Hall–Kier alpha value is -1.82. The number of carbonyl (C=O) groups excluding carboxylic acids is 1. The standard InChI is InChI=1S/C23H27IN2O/c1-3-5-13-26(14-6-4-2)19-10-7-17(8-11-19)15-21-20-16-18(24)9-12-22(20)25-23(21)27/h7-12,15-16H,3-6,13-14H2,1-2H3,(H,25,27). The minimum absolute atomic E-state index is 0.0244. The van der Waals surface area contributed by atoms with Gasteiger partial charge in [0.2, 0.25) is 0 Å². The lowest BCUT2D eigenvalue weighted by Crippen LogP contribution is -2.25. The SMILES string of the molecule is CCCCN(CCCC)c1ccc(C=C2C(=O)Nc3ccc(I)cc32)cc1. The van der Waals surface area contributed by atoms with Crippen molar-refractivity contribution in [1.82, 2.24) is 0 Å². The van der Waals surface area contributed by atoms with E-state index >= 15 is 0 Å². The molecule has 0 aromatic heterocycles. The van der Waals surface area contributed by atoms with Crippen molar-refractivity contribution in [2.24, 2.45) is 0 Å². The van der Waals surface area contributed by atoms with Gasteiger partial charge < -0.3 is 10.2 Å². The second-order valence-electron chi connectivity index (χ2n) is 6.99. The maximum Gasteiger partial charge on any atom is 0.256 e. The van der Waals surface area contributed by atoms with E-state index in [0.717, 1.165) is 39.0 Å². The lowest BCUT2D eigenvalue weighted by atomic mass is 10.0. The van der Waals surface area contributed by atoms with Crippen molar-refractivity contribution < 1.29 is 4.79 Å². The molecule has 0 saturated heterocycles. The summed E-state index contributed by atoms with van der Waals surface area (Å²) in [5.41, 5.74) is 4.95. The van der Waals surface area contributed by atoms with Gasteiger partial charge in [0.15, 0.2) is 0 Å². The largest absolute Gasteiger partial charge is 0.372 e. The van der Waals surface area contributed by atoms with Crippen LogP contribution in [0.3, 0.4) is 0 Å². The van der Waals surface area contributed by atoms with E-state index in [0.29, 0.717) is 0 Å². The maximum atomic E-state index is 12.4. The first kappa shape index (κ1) is 19.9. The van der Waals surface area contributed by atoms with Crippen LogP contribution in [0.5, 0.6) is 0 Å². The molecule has 2 aromatic rings. The highest BCUT2D eigenvalue weighted by Gasteiger charge is 2.24. The minimum atomic E-state index is -0.0244. The van der Waals surface area contributed by atoms with Gasteiger partial charge in [0.1, 0.15) is 0 Å². The number of anilines is 2. The van der Waals surface area contributed by atoms with Gasteiger partial charge in [-0.3, -0.25) is 4.79 Å². The molecule has 1 aliphatic rings. The number of unbranched alkanes of at least 4 members (excludes halogenated alkanes) is 2. The zero-order chi connectivity index (χ0) is 19.2. The number of carbonyl (C=O) groups is 1. The average molecular weight is 474 g/mol. The van der Waals surface area contributed by atoms with Crippen LogP contribution in [0.25, 0.3) is 11.6 Å². The van der Waals surface area contributed by atoms with Crippen molar-refractivity contribution in [3.8, 4) is 0 Å². The first-order valence-electron chi connectivity index (χ1n) is 9.80. The highest BCUT2D eigenvalue weighted by atomic mass is 127. The summed E-state index contributed by atoms with van der Waals surface area (Å²) in [5, 5.41) is 2.95. The lowest BCUT2D eigenvalue weighted by molar-refractivity contribution is -0.110. The monoisotopic (exact) mass is 474 g/mol. The second kappa shape index (κ2) is 9.40. The van der Waals surface area contributed by atoms with E-state index in [9.17, 15) is 4.79 Å². The third kappa shape index (κ3) is 4.92. The van der Waals surface area contributed by atoms with E-state index in [1.165, 1.54) is 31.4 Å². The molecule has 0 saturated carbocycles. The number of hydrogen-bond donors (Lipinski definition) is 1. The summed E-state index contributed by atoms with van der Waals surface area (Å²) in [4.78, 5) is 14.8. The topological polar surface area (TPSA) is 32.3 Å². The van der Waals surface area contributed by atoms with Gasteiger partial charge in [0.25, 0.3) is 5.91 Å². The normalized spacial score (nSPS) is 14.3. The smallest absolute Gasteiger partial charge is 0.256 e. The lowest BCUT2D eigenvalue weighted by Gasteiger charge is -2.24. The Morgan fingerprint density at radius 2 is 1.67 bits per heavy atom. The van der Waals surface area contributed by atoms with Gasteiger partial charge in [0, 0.05) is 39.2 Å².